The van der Waals surface area contributed by atoms with Gasteiger partial charge in [-0.25, -0.2) is 0 Å². The molecule has 98 valence electrons. The van der Waals surface area contributed by atoms with Gasteiger partial charge in [0.15, 0.2) is 0 Å². The molecule has 1 N–H and O–H groups in total. The summed E-state index contributed by atoms with van der Waals surface area (Å²) in [6, 6.07) is 2.34. The zero-order valence-electron chi connectivity index (χ0n) is 10.3. The van der Waals surface area contributed by atoms with Crippen LogP contribution in [0.4, 0.5) is 13.2 Å². The van der Waals surface area contributed by atoms with E-state index in [1.165, 1.54) is 0 Å². The highest BCUT2D eigenvalue weighted by Crippen LogP contribution is 2.41. The van der Waals surface area contributed by atoms with Gasteiger partial charge in [0.1, 0.15) is 5.54 Å². The lowest BCUT2D eigenvalue weighted by Gasteiger charge is -2.38. The number of nitrogens with one attached hydrogen (secondary N) is 1. The van der Waals surface area contributed by atoms with Crippen molar-refractivity contribution in [2.24, 2.45) is 5.92 Å². The van der Waals surface area contributed by atoms with E-state index in [0.29, 0.717) is 0 Å². The number of nitriles is 1. The molecule has 1 atom stereocenters. The molecule has 0 heterocycles. The molecule has 1 fully saturated rings. The maximum absolute atomic E-state index is 12.5. The quantitative estimate of drug-likeness (QED) is 0.831. The number of hydrogen-bond acceptors (Lipinski definition) is 2. The minimum absolute atomic E-state index is 0.0560. The van der Waals surface area contributed by atoms with E-state index in [1.54, 1.807) is 0 Å². The van der Waals surface area contributed by atoms with E-state index in [0.717, 1.165) is 6.42 Å². The molecule has 0 bridgehead atoms. The molecule has 0 aliphatic heterocycles. The van der Waals surface area contributed by atoms with E-state index in [2.05, 4.69) is 11.4 Å². The van der Waals surface area contributed by atoms with Gasteiger partial charge in [-0.2, -0.15) is 18.4 Å². The standard InChI is InChI=1S/C12H19F3N2/c1-3-9(2)17-11(8-16)6-4-10(5-7-11)12(13,14)15/h9-10,17H,3-7H2,1-2H3. The number of rotatable bonds is 3. The first-order chi connectivity index (χ1) is 7.83. The van der Waals surface area contributed by atoms with Crippen molar-refractivity contribution in [1.29, 1.82) is 5.26 Å². The molecular formula is C12H19F3N2. The van der Waals surface area contributed by atoms with Gasteiger partial charge in [-0.05, 0) is 39.0 Å². The molecule has 1 unspecified atom stereocenters. The number of nitrogens with zero attached hydrogens (tertiary/aromatic N) is 1. The van der Waals surface area contributed by atoms with Crippen LogP contribution in [-0.4, -0.2) is 17.8 Å². The predicted molar refractivity (Wildman–Crippen MR) is 59.2 cm³/mol. The lowest BCUT2D eigenvalue weighted by Crippen LogP contribution is -2.51. The molecular weight excluding hydrogens is 229 g/mol. The molecule has 0 aromatic rings. The molecule has 0 radical (unpaired) electrons. The monoisotopic (exact) mass is 248 g/mol. The first-order valence-electron chi connectivity index (χ1n) is 6.08. The van der Waals surface area contributed by atoms with E-state index in [4.69, 9.17) is 0 Å². The third kappa shape index (κ3) is 3.60. The molecule has 0 aromatic heterocycles. The van der Waals surface area contributed by atoms with Crippen molar-refractivity contribution in [2.75, 3.05) is 0 Å². The Morgan fingerprint density at radius 2 is 1.94 bits per heavy atom. The van der Waals surface area contributed by atoms with Gasteiger partial charge in [0, 0.05) is 6.04 Å². The zero-order valence-corrected chi connectivity index (χ0v) is 10.3. The van der Waals surface area contributed by atoms with E-state index in [1.807, 2.05) is 13.8 Å². The summed E-state index contributed by atoms with van der Waals surface area (Å²) >= 11 is 0. The summed E-state index contributed by atoms with van der Waals surface area (Å²) in [6.45, 7) is 3.94. The molecule has 1 aliphatic carbocycles. The van der Waals surface area contributed by atoms with E-state index in [-0.39, 0.29) is 31.7 Å². The average molecular weight is 248 g/mol. The Bertz CT molecular complexity index is 285. The molecule has 1 saturated carbocycles. The highest BCUT2D eigenvalue weighted by molar-refractivity contribution is 5.10. The second-order valence-corrected chi connectivity index (χ2v) is 4.96. The minimum atomic E-state index is -4.11. The molecule has 0 aromatic carbocycles. The van der Waals surface area contributed by atoms with Gasteiger partial charge in [0.2, 0.25) is 0 Å². The summed E-state index contributed by atoms with van der Waals surface area (Å²) in [4.78, 5) is 0. The Morgan fingerprint density at radius 1 is 1.41 bits per heavy atom. The van der Waals surface area contributed by atoms with Crippen LogP contribution in [0, 0.1) is 17.2 Å². The Labute approximate surface area is 100 Å². The molecule has 0 saturated heterocycles. The van der Waals surface area contributed by atoms with Crippen LogP contribution in [0.25, 0.3) is 0 Å². The lowest BCUT2D eigenvalue weighted by molar-refractivity contribution is -0.184. The molecule has 0 amide bonds. The summed E-state index contributed by atoms with van der Waals surface area (Å²) in [6.07, 6.45) is -2.55. The fourth-order valence-electron chi connectivity index (χ4n) is 2.30. The molecule has 17 heavy (non-hydrogen) atoms. The minimum Gasteiger partial charge on any atom is -0.297 e. The topological polar surface area (TPSA) is 35.8 Å². The van der Waals surface area contributed by atoms with Crippen LogP contribution < -0.4 is 5.32 Å². The summed E-state index contributed by atoms with van der Waals surface area (Å²) in [5.74, 6) is -1.23. The Kier molecular flexibility index (Phi) is 4.42. The second kappa shape index (κ2) is 5.26. The van der Waals surface area contributed by atoms with Crippen LogP contribution in [0.5, 0.6) is 0 Å². The fraction of sp³-hybridized carbons (Fsp3) is 0.917. The summed E-state index contributed by atoms with van der Waals surface area (Å²) < 4.78 is 37.6. The Balaban J connectivity index is 2.61. The first-order valence-corrected chi connectivity index (χ1v) is 6.08. The predicted octanol–water partition coefficient (Wildman–Crippen LogP) is 3.39. The third-order valence-electron chi connectivity index (χ3n) is 3.65. The third-order valence-corrected chi connectivity index (χ3v) is 3.65. The maximum Gasteiger partial charge on any atom is 0.391 e. The zero-order chi connectivity index (χ0) is 13.1. The summed E-state index contributed by atoms with van der Waals surface area (Å²) in [5.41, 5.74) is -0.753. The van der Waals surface area contributed by atoms with Gasteiger partial charge < -0.3 is 0 Å². The average Bonchev–Trinajstić information content (AvgIpc) is 2.28. The van der Waals surface area contributed by atoms with Crippen molar-refractivity contribution >= 4 is 0 Å². The highest BCUT2D eigenvalue weighted by Gasteiger charge is 2.46. The van der Waals surface area contributed by atoms with Crippen LogP contribution in [0.1, 0.15) is 46.0 Å². The molecule has 1 aliphatic rings. The van der Waals surface area contributed by atoms with Crippen LogP contribution in [0.2, 0.25) is 0 Å². The fourth-order valence-corrected chi connectivity index (χ4v) is 2.30. The van der Waals surface area contributed by atoms with Crippen molar-refractivity contribution in [3.8, 4) is 6.07 Å². The second-order valence-electron chi connectivity index (χ2n) is 4.96. The van der Waals surface area contributed by atoms with Crippen LogP contribution >= 0.6 is 0 Å². The van der Waals surface area contributed by atoms with Gasteiger partial charge in [-0.1, -0.05) is 6.92 Å². The Morgan fingerprint density at radius 3 is 2.29 bits per heavy atom. The van der Waals surface area contributed by atoms with E-state index < -0.39 is 17.6 Å². The molecule has 2 nitrogen and oxygen atoms in total. The number of hydrogen-bond donors (Lipinski definition) is 1. The van der Waals surface area contributed by atoms with Crippen LogP contribution in [0.15, 0.2) is 0 Å². The van der Waals surface area contributed by atoms with E-state index in [9.17, 15) is 18.4 Å². The SMILES string of the molecule is CCC(C)NC1(C#N)CCC(C(F)(F)F)CC1. The van der Waals surface area contributed by atoms with Crippen LogP contribution in [0.3, 0.4) is 0 Å². The molecule has 5 heteroatoms. The van der Waals surface area contributed by atoms with Crippen molar-refractivity contribution in [1.82, 2.24) is 5.32 Å². The first kappa shape index (κ1) is 14.3. The van der Waals surface area contributed by atoms with E-state index >= 15 is 0 Å². The van der Waals surface area contributed by atoms with Crippen molar-refractivity contribution < 1.29 is 13.2 Å². The van der Waals surface area contributed by atoms with Gasteiger partial charge in [-0.3, -0.25) is 5.32 Å². The normalized spacial score (nSPS) is 31.9. The van der Waals surface area contributed by atoms with Crippen LogP contribution in [-0.2, 0) is 0 Å². The molecule has 1 rings (SSSR count). The summed E-state index contributed by atoms with van der Waals surface area (Å²) in [5, 5.41) is 12.4. The molecule has 0 spiro atoms. The summed E-state index contributed by atoms with van der Waals surface area (Å²) in [7, 11) is 0. The highest BCUT2D eigenvalue weighted by atomic mass is 19.4. The van der Waals surface area contributed by atoms with Gasteiger partial charge >= 0.3 is 6.18 Å². The smallest absolute Gasteiger partial charge is 0.297 e. The van der Waals surface area contributed by atoms with Gasteiger partial charge in [0.25, 0.3) is 0 Å². The van der Waals surface area contributed by atoms with Crippen molar-refractivity contribution in [2.45, 2.75) is 63.7 Å². The Hall–Kier alpha value is -0.760. The number of halogens is 3. The number of alkyl halides is 3. The van der Waals surface area contributed by atoms with Gasteiger partial charge in [-0.15, -0.1) is 0 Å². The largest absolute Gasteiger partial charge is 0.391 e. The maximum atomic E-state index is 12.5. The van der Waals surface area contributed by atoms with Crippen molar-refractivity contribution in [3.63, 3.8) is 0 Å². The lowest BCUT2D eigenvalue weighted by atomic mass is 9.76. The van der Waals surface area contributed by atoms with Crippen molar-refractivity contribution in [3.05, 3.63) is 0 Å². The van der Waals surface area contributed by atoms with Gasteiger partial charge in [0.05, 0.1) is 12.0 Å².